The maximum absolute atomic E-state index is 12.7. The monoisotopic (exact) mass is 277 g/mol. The predicted octanol–water partition coefficient (Wildman–Crippen LogP) is 2.81. The van der Waals surface area contributed by atoms with Crippen LogP contribution in [0.3, 0.4) is 0 Å². The molecule has 3 nitrogen and oxygen atoms in total. The lowest BCUT2D eigenvalue weighted by atomic mass is 9.76. The van der Waals surface area contributed by atoms with Crippen molar-refractivity contribution in [1.29, 1.82) is 0 Å². The highest BCUT2D eigenvalue weighted by atomic mass is 16.5. The zero-order chi connectivity index (χ0) is 14.0. The maximum atomic E-state index is 12.7. The summed E-state index contributed by atoms with van der Waals surface area (Å²) in [5, 5.41) is 3.02. The molecule has 5 rings (SSSR count). The largest absolute Gasteiger partial charge is 0.491 e. The van der Waals surface area contributed by atoms with Gasteiger partial charge in [0.05, 0.1) is 0 Å². The van der Waals surface area contributed by atoms with Crippen LogP contribution in [-0.2, 0) is 23.1 Å². The molecule has 3 heteroatoms. The van der Waals surface area contributed by atoms with Gasteiger partial charge in [0.15, 0.2) is 0 Å². The molecule has 0 saturated heterocycles. The van der Waals surface area contributed by atoms with Gasteiger partial charge in [-0.1, -0.05) is 24.3 Å². The fraction of sp³-hybridized carbons (Fsp3) is 0.278. The minimum absolute atomic E-state index is 0.0420. The topological polar surface area (TPSA) is 38.3 Å². The molecule has 0 bridgehead atoms. The number of hydrogen-bond acceptors (Lipinski definition) is 2. The second kappa shape index (κ2) is 3.67. The van der Waals surface area contributed by atoms with E-state index >= 15 is 0 Å². The number of carbonyl (C=O) groups is 1. The van der Waals surface area contributed by atoms with Crippen molar-refractivity contribution < 1.29 is 9.53 Å². The molecule has 1 spiro atoms. The first-order valence-corrected chi connectivity index (χ1v) is 7.49. The van der Waals surface area contributed by atoms with Gasteiger partial charge >= 0.3 is 0 Å². The molecule has 1 unspecified atom stereocenters. The summed E-state index contributed by atoms with van der Waals surface area (Å²) in [5.74, 6) is 0.933. The lowest BCUT2D eigenvalue weighted by molar-refractivity contribution is -0.119. The highest BCUT2D eigenvalue weighted by molar-refractivity contribution is 6.09. The van der Waals surface area contributed by atoms with Crippen LogP contribution < -0.4 is 10.1 Å². The third-order valence-electron chi connectivity index (χ3n) is 5.12. The van der Waals surface area contributed by atoms with Gasteiger partial charge in [0.2, 0.25) is 5.91 Å². The standard InChI is InChI=1S/C18H15NO2/c20-17-18(13-6-1-2-7-15(13)19-17)10-21-16-9-12-5-3-4-11(12)8-14(16)18/h1-2,6-9H,3-5,10H2,(H,19,20). The summed E-state index contributed by atoms with van der Waals surface area (Å²) in [6.07, 6.45) is 3.44. The maximum Gasteiger partial charge on any atom is 0.243 e. The molecule has 3 aliphatic rings. The van der Waals surface area contributed by atoms with Crippen LogP contribution in [0.15, 0.2) is 36.4 Å². The molecule has 1 N–H and O–H groups in total. The first kappa shape index (κ1) is 11.4. The van der Waals surface area contributed by atoms with Gasteiger partial charge in [0.1, 0.15) is 17.8 Å². The van der Waals surface area contributed by atoms with Gasteiger partial charge in [-0.25, -0.2) is 0 Å². The Morgan fingerprint density at radius 2 is 1.86 bits per heavy atom. The van der Waals surface area contributed by atoms with Gasteiger partial charge in [0.25, 0.3) is 0 Å². The SMILES string of the molecule is O=C1Nc2ccccc2C12COc1cc3c(cc12)CCC3. The van der Waals surface area contributed by atoms with Crippen molar-refractivity contribution in [2.24, 2.45) is 0 Å². The summed E-state index contributed by atoms with van der Waals surface area (Å²) in [6.45, 7) is 0.411. The molecular weight excluding hydrogens is 262 g/mol. The van der Waals surface area contributed by atoms with Crippen LogP contribution >= 0.6 is 0 Å². The van der Waals surface area contributed by atoms with Gasteiger partial charge < -0.3 is 10.1 Å². The fourth-order valence-corrected chi connectivity index (χ4v) is 4.04. The molecule has 2 aliphatic heterocycles. The molecule has 1 amide bonds. The van der Waals surface area contributed by atoms with E-state index in [1.165, 1.54) is 17.5 Å². The van der Waals surface area contributed by atoms with Gasteiger partial charge in [-0.05, 0) is 48.1 Å². The number of ether oxygens (including phenoxy) is 1. The van der Waals surface area contributed by atoms with E-state index in [2.05, 4.69) is 17.4 Å². The summed E-state index contributed by atoms with van der Waals surface area (Å²) >= 11 is 0. The number of fused-ring (bicyclic) bond motifs is 5. The number of para-hydroxylation sites is 1. The van der Waals surface area contributed by atoms with E-state index in [1.54, 1.807) is 0 Å². The van der Waals surface area contributed by atoms with E-state index in [9.17, 15) is 4.79 Å². The van der Waals surface area contributed by atoms with Crippen LogP contribution in [0.2, 0.25) is 0 Å². The molecule has 2 aromatic carbocycles. The molecule has 0 saturated carbocycles. The second-order valence-electron chi connectivity index (χ2n) is 6.16. The van der Waals surface area contributed by atoms with Crippen molar-refractivity contribution in [2.45, 2.75) is 24.7 Å². The highest BCUT2D eigenvalue weighted by Gasteiger charge is 2.54. The number of aryl methyl sites for hydroxylation is 2. The van der Waals surface area contributed by atoms with E-state index in [-0.39, 0.29) is 5.91 Å². The van der Waals surface area contributed by atoms with Crippen molar-refractivity contribution in [3.05, 3.63) is 58.7 Å². The minimum Gasteiger partial charge on any atom is -0.491 e. The lowest BCUT2D eigenvalue weighted by Gasteiger charge is -2.20. The Balaban J connectivity index is 1.79. The molecule has 0 fully saturated rings. The number of carbonyl (C=O) groups excluding carboxylic acids is 1. The summed E-state index contributed by atoms with van der Waals surface area (Å²) in [4.78, 5) is 12.7. The van der Waals surface area contributed by atoms with Crippen LogP contribution in [-0.4, -0.2) is 12.5 Å². The second-order valence-corrected chi connectivity index (χ2v) is 6.16. The average Bonchev–Trinajstić information content (AvgIpc) is 3.16. The Labute approximate surface area is 122 Å². The van der Waals surface area contributed by atoms with Gasteiger partial charge in [-0.3, -0.25) is 4.79 Å². The van der Waals surface area contributed by atoms with Crippen molar-refractivity contribution in [1.82, 2.24) is 0 Å². The molecular formula is C18H15NO2. The quantitative estimate of drug-likeness (QED) is 0.804. The molecule has 104 valence electrons. The van der Waals surface area contributed by atoms with E-state index < -0.39 is 5.41 Å². The number of amides is 1. The highest BCUT2D eigenvalue weighted by Crippen LogP contribution is 2.51. The summed E-state index contributed by atoms with van der Waals surface area (Å²) in [5.41, 5.74) is 5.13. The predicted molar refractivity (Wildman–Crippen MR) is 79.8 cm³/mol. The van der Waals surface area contributed by atoms with Crippen molar-refractivity contribution in [3.63, 3.8) is 0 Å². The van der Waals surface area contributed by atoms with Crippen LogP contribution in [0.25, 0.3) is 0 Å². The number of hydrogen-bond donors (Lipinski definition) is 1. The number of rotatable bonds is 0. The molecule has 1 aliphatic carbocycles. The smallest absolute Gasteiger partial charge is 0.243 e. The van der Waals surface area contributed by atoms with E-state index in [4.69, 9.17) is 4.74 Å². The lowest BCUT2D eigenvalue weighted by Crippen LogP contribution is -2.37. The van der Waals surface area contributed by atoms with Crippen LogP contribution in [0.5, 0.6) is 5.75 Å². The Bertz CT molecular complexity index is 796. The summed E-state index contributed by atoms with van der Waals surface area (Å²) < 4.78 is 5.93. The molecule has 0 radical (unpaired) electrons. The third kappa shape index (κ3) is 1.27. The Hall–Kier alpha value is -2.29. The van der Waals surface area contributed by atoms with Crippen molar-refractivity contribution in [2.75, 3.05) is 11.9 Å². The fourth-order valence-electron chi connectivity index (χ4n) is 4.04. The van der Waals surface area contributed by atoms with E-state index in [0.29, 0.717) is 6.61 Å². The van der Waals surface area contributed by atoms with Crippen LogP contribution in [0.4, 0.5) is 5.69 Å². The summed E-state index contributed by atoms with van der Waals surface area (Å²) in [6, 6.07) is 12.3. The third-order valence-corrected chi connectivity index (χ3v) is 5.12. The Kier molecular flexibility index (Phi) is 1.99. The molecule has 0 aromatic heterocycles. The summed E-state index contributed by atoms with van der Waals surface area (Å²) in [7, 11) is 0. The van der Waals surface area contributed by atoms with Gasteiger partial charge in [-0.2, -0.15) is 0 Å². The van der Waals surface area contributed by atoms with Gasteiger partial charge in [0, 0.05) is 11.3 Å². The first-order chi connectivity index (χ1) is 10.3. The molecule has 1 atom stereocenters. The van der Waals surface area contributed by atoms with Crippen LogP contribution in [0.1, 0.15) is 28.7 Å². The average molecular weight is 277 g/mol. The van der Waals surface area contributed by atoms with E-state index in [0.717, 1.165) is 35.4 Å². The Morgan fingerprint density at radius 3 is 2.76 bits per heavy atom. The van der Waals surface area contributed by atoms with Gasteiger partial charge in [-0.15, -0.1) is 0 Å². The molecule has 2 heterocycles. The normalized spacial score (nSPS) is 24.5. The minimum atomic E-state index is -0.649. The number of anilines is 1. The Morgan fingerprint density at radius 1 is 1.05 bits per heavy atom. The zero-order valence-electron chi connectivity index (χ0n) is 11.6. The number of nitrogens with one attached hydrogen (secondary N) is 1. The molecule has 21 heavy (non-hydrogen) atoms. The van der Waals surface area contributed by atoms with Crippen molar-refractivity contribution in [3.8, 4) is 5.75 Å². The first-order valence-electron chi connectivity index (χ1n) is 7.49. The number of benzene rings is 2. The zero-order valence-corrected chi connectivity index (χ0v) is 11.6. The van der Waals surface area contributed by atoms with E-state index in [1.807, 2.05) is 24.3 Å². The van der Waals surface area contributed by atoms with Crippen LogP contribution in [0, 0.1) is 0 Å². The van der Waals surface area contributed by atoms with Crippen molar-refractivity contribution >= 4 is 11.6 Å². The molecule has 2 aromatic rings.